The number of aryl methyl sites for hydroxylation is 2. The Balaban J connectivity index is 2.40. The molecule has 0 saturated heterocycles. The zero-order valence-corrected chi connectivity index (χ0v) is 12.2. The molecule has 0 aliphatic rings. The van der Waals surface area contributed by atoms with Gasteiger partial charge in [-0.3, -0.25) is 9.59 Å². The molecule has 0 bridgehead atoms. The Morgan fingerprint density at radius 2 is 1.90 bits per heavy atom. The predicted molar refractivity (Wildman–Crippen MR) is 80.7 cm³/mol. The highest BCUT2D eigenvalue weighted by Crippen LogP contribution is 2.16. The van der Waals surface area contributed by atoms with Gasteiger partial charge in [0.05, 0.1) is 0 Å². The third-order valence-corrected chi connectivity index (χ3v) is 2.70. The first-order chi connectivity index (χ1) is 9.52. The third-order valence-electron chi connectivity index (χ3n) is 2.70. The summed E-state index contributed by atoms with van der Waals surface area (Å²) in [6.45, 7) is 5.86. The van der Waals surface area contributed by atoms with E-state index in [4.69, 9.17) is 0 Å². The second-order valence-electron chi connectivity index (χ2n) is 4.62. The number of carbonyl (C=O) groups is 2. The molecule has 1 aromatic carbocycles. The summed E-state index contributed by atoms with van der Waals surface area (Å²) >= 11 is 0. The molecule has 0 aromatic heterocycles. The summed E-state index contributed by atoms with van der Waals surface area (Å²) in [7, 11) is 0. The van der Waals surface area contributed by atoms with Crippen LogP contribution in [-0.2, 0) is 9.59 Å². The largest absolute Gasteiger partial charge is 0.326 e. The van der Waals surface area contributed by atoms with Gasteiger partial charge in [0.25, 0.3) is 0 Å². The third kappa shape index (κ3) is 5.65. The number of rotatable bonds is 6. The summed E-state index contributed by atoms with van der Waals surface area (Å²) < 4.78 is 0. The second-order valence-corrected chi connectivity index (χ2v) is 4.62. The zero-order chi connectivity index (χ0) is 15.0. The highest BCUT2D eigenvalue weighted by molar-refractivity contribution is 5.93. The SMILES string of the molecule is CCC=NNC(=O)CCC(=O)Nc1ccc(C)cc1C. The molecule has 0 unspecified atom stereocenters. The lowest BCUT2D eigenvalue weighted by Gasteiger charge is -2.08. The standard InChI is InChI=1S/C15H21N3O2/c1-4-9-16-18-15(20)8-7-14(19)17-13-6-5-11(2)10-12(13)3/h5-6,9-10H,4,7-8H2,1-3H3,(H,17,19)(H,18,20). The molecule has 0 atom stereocenters. The van der Waals surface area contributed by atoms with Gasteiger partial charge in [-0.05, 0) is 31.9 Å². The van der Waals surface area contributed by atoms with Crippen LogP contribution in [0.5, 0.6) is 0 Å². The predicted octanol–water partition coefficient (Wildman–Crippen LogP) is 2.53. The topological polar surface area (TPSA) is 70.6 Å². The highest BCUT2D eigenvalue weighted by Gasteiger charge is 2.08. The van der Waals surface area contributed by atoms with E-state index >= 15 is 0 Å². The quantitative estimate of drug-likeness (QED) is 0.618. The van der Waals surface area contributed by atoms with Crippen molar-refractivity contribution in [2.45, 2.75) is 40.0 Å². The lowest BCUT2D eigenvalue weighted by molar-refractivity contribution is -0.124. The first-order valence-electron chi connectivity index (χ1n) is 6.70. The number of hydrazone groups is 1. The van der Waals surface area contributed by atoms with Gasteiger partial charge in [0, 0.05) is 24.7 Å². The van der Waals surface area contributed by atoms with Crippen molar-refractivity contribution in [2.24, 2.45) is 5.10 Å². The fourth-order valence-corrected chi connectivity index (χ4v) is 1.66. The molecule has 5 nitrogen and oxygen atoms in total. The Bertz CT molecular complexity index is 510. The van der Waals surface area contributed by atoms with Crippen LogP contribution in [0.25, 0.3) is 0 Å². The van der Waals surface area contributed by atoms with Crippen LogP contribution in [0.2, 0.25) is 0 Å². The minimum absolute atomic E-state index is 0.123. The molecule has 0 aliphatic heterocycles. The molecule has 0 aliphatic carbocycles. The van der Waals surface area contributed by atoms with Gasteiger partial charge < -0.3 is 5.32 Å². The molecule has 0 saturated carbocycles. The van der Waals surface area contributed by atoms with Crippen LogP contribution >= 0.6 is 0 Å². The number of nitrogens with zero attached hydrogens (tertiary/aromatic N) is 1. The number of hydrogen-bond donors (Lipinski definition) is 2. The monoisotopic (exact) mass is 275 g/mol. The molecule has 20 heavy (non-hydrogen) atoms. The van der Waals surface area contributed by atoms with Crippen LogP contribution in [0, 0.1) is 13.8 Å². The summed E-state index contributed by atoms with van der Waals surface area (Å²) in [4.78, 5) is 23.1. The van der Waals surface area contributed by atoms with E-state index in [1.165, 1.54) is 0 Å². The average Bonchev–Trinajstić information content (AvgIpc) is 2.40. The highest BCUT2D eigenvalue weighted by atomic mass is 16.2. The van der Waals surface area contributed by atoms with E-state index in [1.54, 1.807) is 6.21 Å². The van der Waals surface area contributed by atoms with Gasteiger partial charge in [-0.15, -0.1) is 0 Å². The summed E-state index contributed by atoms with van der Waals surface area (Å²) in [6, 6.07) is 5.81. The zero-order valence-electron chi connectivity index (χ0n) is 12.2. The van der Waals surface area contributed by atoms with Crippen molar-refractivity contribution >= 4 is 23.7 Å². The lowest BCUT2D eigenvalue weighted by Crippen LogP contribution is -2.20. The fraction of sp³-hybridized carbons (Fsp3) is 0.400. The van der Waals surface area contributed by atoms with Crippen molar-refractivity contribution in [2.75, 3.05) is 5.32 Å². The first kappa shape index (κ1) is 15.9. The Kier molecular flexibility index (Phi) is 6.43. The molecule has 2 N–H and O–H groups in total. The molecule has 0 radical (unpaired) electrons. The maximum Gasteiger partial charge on any atom is 0.240 e. The van der Waals surface area contributed by atoms with Crippen molar-refractivity contribution in [3.05, 3.63) is 29.3 Å². The number of carbonyl (C=O) groups excluding carboxylic acids is 2. The average molecular weight is 275 g/mol. The molecule has 0 fully saturated rings. The molecule has 1 rings (SSSR count). The number of nitrogens with one attached hydrogen (secondary N) is 2. The van der Waals surface area contributed by atoms with Gasteiger partial charge in [0.1, 0.15) is 0 Å². The first-order valence-corrected chi connectivity index (χ1v) is 6.70. The lowest BCUT2D eigenvalue weighted by atomic mass is 10.1. The molecule has 2 amide bonds. The molecule has 0 spiro atoms. The van der Waals surface area contributed by atoms with Crippen LogP contribution in [0.15, 0.2) is 23.3 Å². The Morgan fingerprint density at radius 3 is 2.55 bits per heavy atom. The Morgan fingerprint density at radius 1 is 1.20 bits per heavy atom. The van der Waals surface area contributed by atoms with Crippen molar-refractivity contribution in [3.63, 3.8) is 0 Å². The van der Waals surface area contributed by atoms with E-state index in [2.05, 4.69) is 15.8 Å². The summed E-state index contributed by atoms with van der Waals surface area (Å²) in [5.41, 5.74) is 5.31. The number of amides is 2. The summed E-state index contributed by atoms with van der Waals surface area (Å²) in [5.74, 6) is -0.433. The van der Waals surface area contributed by atoms with Crippen molar-refractivity contribution in [1.29, 1.82) is 0 Å². The minimum atomic E-state index is -0.259. The van der Waals surface area contributed by atoms with Gasteiger partial charge >= 0.3 is 0 Å². The van der Waals surface area contributed by atoms with E-state index in [9.17, 15) is 9.59 Å². The number of hydrogen-bond acceptors (Lipinski definition) is 3. The van der Waals surface area contributed by atoms with Crippen LogP contribution in [0.3, 0.4) is 0 Å². The smallest absolute Gasteiger partial charge is 0.240 e. The van der Waals surface area contributed by atoms with E-state index < -0.39 is 0 Å². The summed E-state index contributed by atoms with van der Waals surface area (Å²) in [5, 5.41) is 6.52. The maximum absolute atomic E-state index is 11.8. The van der Waals surface area contributed by atoms with Gasteiger partial charge in [0.2, 0.25) is 11.8 Å². The molecule has 0 heterocycles. The van der Waals surface area contributed by atoms with Crippen molar-refractivity contribution < 1.29 is 9.59 Å². The van der Waals surface area contributed by atoms with E-state index in [0.717, 1.165) is 23.2 Å². The fourth-order valence-electron chi connectivity index (χ4n) is 1.66. The van der Waals surface area contributed by atoms with Crippen LogP contribution in [-0.4, -0.2) is 18.0 Å². The Hall–Kier alpha value is -2.17. The van der Waals surface area contributed by atoms with E-state index in [0.29, 0.717) is 0 Å². The van der Waals surface area contributed by atoms with Crippen LogP contribution < -0.4 is 10.7 Å². The second kappa shape index (κ2) is 8.09. The molecule has 108 valence electrons. The number of benzene rings is 1. The molecular formula is C15H21N3O2. The number of anilines is 1. The molecule has 5 heteroatoms. The summed E-state index contributed by atoms with van der Waals surface area (Å²) in [6.07, 6.45) is 2.62. The van der Waals surface area contributed by atoms with Crippen LogP contribution in [0.1, 0.15) is 37.3 Å². The van der Waals surface area contributed by atoms with E-state index in [-0.39, 0.29) is 24.7 Å². The maximum atomic E-state index is 11.8. The molecule has 1 aromatic rings. The van der Waals surface area contributed by atoms with Crippen molar-refractivity contribution in [1.82, 2.24) is 5.43 Å². The van der Waals surface area contributed by atoms with Gasteiger partial charge in [-0.2, -0.15) is 5.10 Å². The van der Waals surface area contributed by atoms with Crippen molar-refractivity contribution in [3.8, 4) is 0 Å². The normalized spacial score (nSPS) is 10.6. The van der Waals surface area contributed by atoms with Gasteiger partial charge in [0.15, 0.2) is 0 Å². The van der Waals surface area contributed by atoms with Crippen LogP contribution in [0.4, 0.5) is 5.69 Å². The molecular weight excluding hydrogens is 254 g/mol. The minimum Gasteiger partial charge on any atom is -0.326 e. The van der Waals surface area contributed by atoms with Gasteiger partial charge in [-0.25, -0.2) is 5.43 Å². The van der Waals surface area contributed by atoms with Gasteiger partial charge in [-0.1, -0.05) is 24.6 Å². The Labute approximate surface area is 119 Å². The van der Waals surface area contributed by atoms with E-state index in [1.807, 2.05) is 39.0 Å².